The number of rotatable bonds is 2. The predicted molar refractivity (Wildman–Crippen MR) is 45.3 cm³/mol. The second-order valence-corrected chi connectivity index (χ2v) is 2.95. The number of amides is 4. The van der Waals surface area contributed by atoms with Gasteiger partial charge in [-0.05, 0) is 0 Å². The van der Waals surface area contributed by atoms with Crippen molar-refractivity contribution < 1.29 is 34.8 Å². The lowest BCUT2D eigenvalue weighted by atomic mass is 10.4. The van der Waals surface area contributed by atoms with Crippen LogP contribution in [0.3, 0.4) is 0 Å². The number of nitrogens with zero attached hydrogens (tertiary/aromatic N) is 2. The maximum Gasteiger partial charge on any atom is 0.338 e. The molecule has 2 atom stereocenters. The molecule has 0 aromatic carbocycles. The Labute approximate surface area is 89.1 Å². The fourth-order valence-electron chi connectivity index (χ4n) is 1.27. The first-order valence-electron chi connectivity index (χ1n) is 4.21. The van der Waals surface area contributed by atoms with Gasteiger partial charge in [-0.25, -0.2) is 14.6 Å². The van der Waals surface area contributed by atoms with E-state index >= 15 is 0 Å². The summed E-state index contributed by atoms with van der Waals surface area (Å²) in [7, 11) is 0. The number of imide groups is 2. The maximum atomic E-state index is 11.4. The van der Waals surface area contributed by atoms with Gasteiger partial charge in [-0.3, -0.25) is 9.59 Å². The minimum atomic E-state index is -1.96. The van der Waals surface area contributed by atoms with Crippen molar-refractivity contribution in [1.82, 2.24) is 9.80 Å². The quantitative estimate of drug-likeness (QED) is 0.387. The van der Waals surface area contributed by atoms with Crippen LogP contribution in [0.2, 0.25) is 0 Å². The van der Waals surface area contributed by atoms with E-state index in [1.165, 1.54) is 0 Å². The Morgan fingerprint density at radius 1 is 1.00 bits per heavy atom. The van der Waals surface area contributed by atoms with Crippen molar-refractivity contribution in [1.29, 1.82) is 0 Å². The van der Waals surface area contributed by atoms with E-state index in [2.05, 4.69) is 0 Å². The monoisotopic (exact) mass is 234 g/mol. The lowest BCUT2D eigenvalue weighted by molar-refractivity contribution is -0.148. The first kappa shape index (κ1) is 12.5. The van der Waals surface area contributed by atoms with Crippen LogP contribution in [-0.2, 0) is 9.59 Å². The van der Waals surface area contributed by atoms with Gasteiger partial charge in [-0.1, -0.05) is 0 Å². The SMILES string of the molecule is O=C(CO)N1C(=O)N(C(=O)CO)C(O)C1O. The molecule has 1 aliphatic heterocycles. The van der Waals surface area contributed by atoms with Gasteiger partial charge in [0.1, 0.15) is 13.2 Å². The van der Waals surface area contributed by atoms with Crippen LogP contribution in [0.15, 0.2) is 0 Å². The molecule has 4 N–H and O–H groups in total. The molecular formula is C7H10N2O7. The summed E-state index contributed by atoms with van der Waals surface area (Å²) < 4.78 is 0. The van der Waals surface area contributed by atoms with Gasteiger partial charge in [0, 0.05) is 0 Å². The molecule has 0 spiro atoms. The van der Waals surface area contributed by atoms with E-state index in [0.717, 1.165) is 0 Å². The third-order valence-corrected chi connectivity index (χ3v) is 2.02. The van der Waals surface area contributed by atoms with Gasteiger partial charge in [0.15, 0.2) is 12.5 Å². The van der Waals surface area contributed by atoms with Crippen molar-refractivity contribution in [3.8, 4) is 0 Å². The first-order valence-corrected chi connectivity index (χ1v) is 4.21. The van der Waals surface area contributed by atoms with Crippen LogP contribution < -0.4 is 0 Å². The van der Waals surface area contributed by atoms with E-state index in [1.807, 2.05) is 0 Å². The van der Waals surface area contributed by atoms with Crippen LogP contribution in [0, 0.1) is 0 Å². The first-order chi connectivity index (χ1) is 7.45. The van der Waals surface area contributed by atoms with Crippen molar-refractivity contribution in [2.75, 3.05) is 13.2 Å². The van der Waals surface area contributed by atoms with Crippen LogP contribution in [0.4, 0.5) is 4.79 Å². The summed E-state index contributed by atoms with van der Waals surface area (Å²) in [4.78, 5) is 33.7. The smallest absolute Gasteiger partial charge is 0.338 e. The molecule has 1 rings (SSSR count). The van der Waals surface area contributed by atoms with Gasteiger partial charge in [-0.2, -0.15) is 0 Å². The van der Waals surface area contributed by atoms with Crippen LogP contribution in [-0.4, -0.2) is 73.7 Å². The number of hydrogen-bond donors (Lipinski definition) is 4. The van der Waals surface area contributed by atoms with Crippen LogP contribution in [0.5, 0.6) is 0 Å². The topological polar surface area (TPSA) is 139 Å². The summed E-state index contributed by atoms with van der Waals surface area (Å²) in [5, 5.41) is 35.6. The summed E-state index contributed by atoms with van der Waals surface area (Å²) in [6.45, 7) is -2.12. The molecule has 9 heteroatoms. The molecule has 4 amide bonds. The van der Waals surface area contributed by atoms with E-state index < -0.39 is 43.5 Å². The second kappa shape index (κ2) is 4.53. The van der Waals surface area contributed by atoms with Crippen LogP contribution >= 0.6 is 0 Å². The van der Waals surface area contributed by atoms with Gasteiger partial charge in [-0.15, -0.1) is 0 Å². The number of aliphatic hydroxyl groups excluding tert-OH is 4. The van der Waals surface area contributed by atoms with Crippen molar-refractivity contribution in [3.63, 3.8) is 0 Å². The van der Waals surface area contributed by atoms with Crippen LogP contribution in [0.25, 0.3) is 0 Å². The van der Waals surface area contributed by atoms with Crippen molar-refractivity contribution >= 4 is 17.8 Å². The van der Waals surface area contributed by atoms with Crippen molar-refractivity contribution in [3.05, 3.63) is 0 Å². The van der Waals surface area contributed by atoms with Gasteiger partial charge >= 0.3 is 6.03 Å². The zero-order chi connectivity index (χ0) is 12.5. The molecule has 0 aromatic rings. The summed E-state index contributed by atoms with van der Waals surface area (Å²) in [5.41, 5.74) is 0. The molecule has 0 bridgehead atoms. The molecule has 0 aromatic heterocycles. The van der Waals surface area contributed by atoms with E-state index in [4.69, 9.17) is 10.2 Å². The lowest BCUT2D eigenvalue weighted by Gasteiger charge is -2.15. The molecule has 90 valence electrons. The van der Waals surface area contributed by atoms with E-state index in [1.54, 1.807) is 0 Å². The molecule has 16 heavy (non-hydrogen) atoms. The average molecular weight is 234 g/mol. The molecule has 1 heterocycles. The molecule has 1 saturated heterocycles. The van der Waals surface area contributed by atoms with Crippen LogP contribution in [0.1, 0.15) is 0 Å². The summed E-state index contributed by atoms with van der Waals surface area (Å²) >= 11 is 0. The van der Waals surface area contributed by atoms with Crippen molar-refractivity contribution in [2.24, 2.45) is 0 Å². The molecule has 0 saturated carbocycles. The predicted octanol–water partition coefficient (Wildman–Crippen LogP) is -3.60. The zero-order valence-corrected chi connectivity index (χ0v) is 7.98. The zero-order valence-electron chi connectivity index (χ0n) is 7.98. The molecule has 1 fully saturated rings. The average Bonchev–Trinajstić information content (AvgIpc) is 2.49. The highest BCUT2D eigenvalue weighted by Gasteiger charge is 2.49. The number of carbonyl (C=O) groups is 3. The number of hydrogen-bond acceptors (Lipinski definition) is 7. The highest BCUT2D eigenvalue weighted by molar-refractivity contribution is 6.04. The fourth-order valence-corrected chi connectivity index (χ4v) is 1.27. The Balaban J connectivity index is 2.98. The normalized spacial score (nSPS) is 25.1. The highest BCUT2D eigenvalue weighted by atomic mass is 16.4. The third-order valence-electron chi connectivity index (χ3n) is 2.02. The maximum absolute atomic E-state index is 11.4. The Hall–Kier alpha value is -1.55. The largest absolute Gasteiger partial charge is 0.387 e. The summed E-state index contributed by atoms with van der Waals surface area (Å²) in [5.74, 6) is -2.32. The number of urea groups is 1. The van der Waals surface area contributed by atoms with Gasteiger partial charge in [0.25, 0.3) is 11.8 Å². The molecule has 9 nitrogen and oxygen atoms in total. The molecular weight excluding hydrogens is 224 g/mol. The van der Waals surface area contributed by atoms with Gasteiger partial charge in [0.2, 0.25) is 0 Å². The van der Waals surface area contributed by atoms with E-state index in [9.17, 15) is 24.6 Å². The highest BCUT2D eigenvalue weighted by Crippen LogP contribution is 2.19. The Bertz CT molecular complexity index is 301. The molecule has 0 radical (unpaired) electrons. The Morgan fingerprint density at radius 3 is 1.56 bits per heavy atom. The van der Waals surface area contributed by atoms with Crippen molar-refractivity contribution in [2.45, 2.75) is 12.5 Å². The van der Waals surface area contributed by atoms with E-state index in [-0.39, 0.29) is 9.80 Å². The molecule has 2 unspecified atom stereocenters. The summed E-state index contributed by atoms with van der Waals surface area (Å²) in [6, 6.07) is -1.29. The standard InChI is InChI=1S/C7H10N2O7/c10-1-3(12)8-5(14)6(15)9(7(8)16)4(13)2-11/h5-6,10-11,14-15H,1-2H2. The fraction of sp³-hybridized carbons (Fsp3) is 0.571. The summed E-state index contributed by atoms with van der Waals surface area (Å²) in [6.07, 6.45) is -3.91. The van der Waals surface area contributed by atoms with Gasteiger partial charge in [0.05, 0.1) is 0 Å². The minimum absolute atomic E-state index is 0.137. The van der Waals surface area contributed by atoms with Gasteiger partial charge < -0.3 is 20.4 Å². The Kier molecular flexibility index (Phi) is 3.55. The third kappa shape index (κ3) is 1.76. The second-order valence-electron chi connectivity index (χ2n) is 2.95. The number of aliphatic hydroxyl groups is 4. The molecule has 1 aliphatic rings. The van der Waals surface area contributed by atoms with E-state index in [0.29, 0.717) is 0 Å². The lowest BCUT2D eigenvalue weighted by Crippen LogP contribution is -2.43. The minimum Gasteiger partial charge on any atom is -0.387 e. The number of carbonyl (C=O) groups excluding carboxylic acids is 3. The molecule has 0 aliphatic carbocycles. The Morgan fingerprint density at radius 2 is 1.31 bits per heavy atom.